The fraction of sp³-hybridized carbons (Fsp3) is 0.300. The zero-order valence-electron chi connectivity index (χ0n) is 15.9. The lowest BCUT2D eigenvalue weighted by atomic mass is 10.1. The number of hydrogen-bond acceptors (Lipinski definition) is 3. The van der Waals surface area contributed by atoms with Gasteiger partial charge in [0, 0.05) is 25.8 Å². The Labute approximate surface area is 181 Å². The van der Waals surface area contributed by atoms with Crippen molar-refractivity contribution in [1.29, 1.82) is 0 Å². The topological polar surface area (TPSA) is 54.2 Å². The number of para-hydroxylation sites is 1. The number of halogens is 1. The van der Waals surface area contributed by atoms with Crippen molar-refractivity contribution in [1.82, 2.24) is 20.4 Å². The van der Waals surface area contributed by atoms with Gasteiger partial charge in [0.2, 0.25) is 0 Å². The molecule has 5 nitrogen and oxygen atoms in total. The number of nitrogens with zero attached hydrogens (tertiary/aromatic N) is 3. The average molecular weight is 495 g/mol. The van der Waals surface area contributed by atoms with Gasteiger partial charge >= 0.3 is 0 Å². The Bertz CT molecular complexity index is 870. The standard InChI is InChI=1S/C20H25N5S.HI/c1-15-12-16(2)25(24-15)19-7-5-4-6-18(19)13-23-20(21-3)22-10-8-17-9-11-26-14-17;/h4-7,9,11-12,14H,8,10,13H2,1-3H3,(H2,21,22,23);1H. The van der Waals surface area contributed by atoms with Crippen LogP contribution in [0.4, 0.5) is 0 Å². The Morgan fingerprint density at radius 3 is 2.67 bits per heavy atom. The van der Waals surface area contributed by atoms with Gasteiger partial charge in [0.1, 0.15) is 0 Å². The van der Waals surface area contributed by atoms with E-state index in [9.17, 15) is 0 Å². The van der Waals surface area contributed by atoms with Crippen molar-refractivity contribution < 1.29 is 0 Å². The van der Waals surface area contributed by atoms with Crippen LogP contribution >= 0.6 is 35.3 Å². The van der Waals surface area contributed by atoms with Crippen molar-refractivity contribution in [2.75, 3.05) is 13.6 Å². The van der Waals surface area contributed by atoms with Crippen LogP contribution in [-0.2, 0) is 13.0 Å². The van der Waals surface area contributed by atoms with E-state index in [0.717, 1.165) is 36.0 Å². The second-order valence-corrected chi connectivity index (χ2v) is 6.98. The van der Waals surface area contributed by atoms with Crippen LogP contribution in [0.3, 0.4) is 0 Å². The van der Waals surface area contributed by atoms with Crippen LogP contribution < -0.4 is 10.6 Å². The van der Waals surface area contributed by atoms with Gasteiger partial charge in [-0.15, -0.1) is 24.0 Å². The molecule has 2 N–H and O–H groups in total. The third kappa shape index (κ3) is 5.80. The van der Waals surface area contributed by atoms with Crippen molar-refractivity contribution in [3.05, 3.63) is 69.7 Å². The van der Waals surface area contributed by atoms with Crippen molar-refractivity contribution in [3.63, 3.8) is 0 Å². The van der Waals surface area contributed by atoms with Crippen molar-refractivity contribution in [2.24, 2.45) is 4.99 Å². The van der Waals surface area contributed by atoms with E-state index < -0.39 is 0 Å². The molecule has 0 spiro atoms. The number of nitrogens with one attached hydrogen (secondary N) is 2. The number of benzene rings is 1. The second-order valence-electron chi connectivity index (χ2n) is 6.20. The number of aliphatic imine (C=N–C) groups is 1. The Morgan fingerprint density at radius 2 is 2.00 bits per heavy atom. The molecule has 0 saturated carbocycles. The lowest BCUT2D eigenvalue weighted by Gasteiger charge is -2.15. The highest BCUT2D eigenvalue weighted by Crippen LogP contribution is 2.16. The van der Waals surface area contributed by atoms with Crippen LogP contribution in [0.1, 0.15) is 22.5 Å². The normalized spacial score (nSPS) is 11.1. The Morgan fingerprint density at radius 1 is 1.19 bits per heavy atom. The predicted octanol–water partition coefficient (Wildman–Crippen LogP) is 4.08. The summed E-state index contributed by atoms with van der Waals surface area (Å²) < 4.78 is 2.00. The van der Waals surface area contributed by atoms with Crippen molar-refractivity contribution in [3.8, 4) is 5.69 Å². The zero-order valence-corrected chi connectivity index (χ0v) is 19.0. The van der Waals surface area contributed by atoms with E-state index in [4.69, 9.17) is 0 Å². The molecule has 2 heterocycles. The quantitative estimate of drug-likeness (QED) is 0.308. The highest BCUT2D eigenvalue weighted by atomic mass is 127. The van der Waals surface area contributed by atoms with Gasteiger partial charge in [0.25, 0.3) is 0 Å². The van der Waals surface area contributed by atoms with Crippen LogP contribution in [0, 0.1) is 13.8 Å². The van der Waals surface area contributed by atoms with E-state index in [2.05, 4.69) is 68.7 Å². The van der Waals surface area contributed by atoms with Gasteiger partial charge in [-0.25, -0.2) is 4.68 Å². The molecule has 7 heteroatoms. The van der Waals surface area contributed by atoms with Gasteiger partial charge in [0.15, 0.2) is 5.96 Å². The number of guanidine groups is 1. The molecule has 0 aliphatic carbocycles. The minimum atomic E-state index is 0. The van der Waals surface area contributed by atoms with E-state index in [-0.39, 0.29) is 24.0 Å². The molecular weight excluding hydrogens is 469 g/mol. The molecule has 0 fully saturated rings. The maximum Gasteiger partial charge on any atom is 0.191 e. The lowest BCUT2D eigenvalue weighted by molar-refractivity contribution is 0.776. The molecule has 0 amide bonds. The van der Waals surface area contributed by atoms with Gasteiger partial charge in [-0.1, -0.05) is 18.2 Å². The summed E-state index contributed by atoms with van der Waals surface area (Å²) in [4.78, 5) is 4.32. The van der Waals surface area contributed by atoms with E-state index in [1.807, 2.05) is 17.7 Å². The number of rotatable bonds is 6. The summed E-state index contributed by atoms with van der Waals surface area (Å²) in [6.45, 7) is 5.64. The highest BCUT2D eigenvalue weighted by molar-refractivity contribution is 14.0. The first-order valence-corrected chi connectivity index (χ1v) is 9.69. The lowest BCUT2D eigenvalue weighted by Crippen LogP contribution is -2.38. The fourth-order valence-electron chi connectivity index (χ4n) is 2.90. The second kappa shape index (κ2) is 10.5. The maximum atomic E-state index is 4.61. The third-order valence-electron chi connectivity index (χ3n) is 4.19. The van der Waals surface area contributed by atoms with Gasteiger partial charge in [0.05, 0.1) is 11.4 Å². The molecule has 144 valence electrons. The summed E-state index contributed by atoms with van der Waals surface area (Å²) in [6.07, 6.45) is 0.993. The summed E-state index contributed by atoms with van der Waals surface area (Å²) in [5.74, 6) is 0.809. The van der Waals surface area contributed by atoms with Gasteiger partial charge in [-0.05, 0) is 60.4 Å². The summed E-state index contributed by atoms with van der Waals surface area (Å²) in [7, 11) is 1.80. The summed E-state index contributed by atoms with van der Waals surface area (Å²) in [5.41, 5.74) is 5.79. The van der Waals surface area contributed by atoms with Crippen molar-refractivity contribution in [2.45, 2.75) is 26.8 Å². The Hall–Kier alpha value is -1.87. The summed E-state index contributed by atoms with van der Waals surface area (Å²) >= 11 is 1.73. The average Bonchev–Trinajstić information content (AvgIpc) is 3.27. The van der Waals surface area contributed by atoms with Crippen LogP contribution in [0.5, 0.6) is 0 Å². The molecule has 2 aromatic heterocycles. The fourth-order valence-corrected chi connectivity index (χ4v) is 3.60. The molecule has 3 aromatic rings. The van der Waals surface area contributed by atoms with Gasteiger partial charge < -0.3 is 10.6 Å². The number of hydrogen-bond donors (Lipinski definition) is 2. The molecule has 0 saturated heterocycles. The smallest absolute Gasteiger partial charge is 0.191 e. The summed E-state index contributed by atoms with van der Waals surface area (Å²) in [5, 5.41) is 15.7. The Kier molecular flexibility index (Phi) is 8.30. The van der Waals surface area contributed by atoms with E-state index >= 15 is 0 Å². The molecular formula is C20H26IN5S. The molecule has 0 radical (unpaired) electrons. The van der Waals surface area contributed by atoms with Crippen LogP contribution in [0.15, 0.2) is 52.2 Å². The maximum absolute atomic E-state index is 4.61. The molecule has 0 aliphatic rings. The first kappa shape index (κ1) is 21.4. The summed E-state index contributed by atoms with van der Waals surface area (Å²) in [6, 6.07) is 12.6. The largest absolute Gasteiger partial charge is 0.356 e. The molecule has 0 aliphatic heterocycles. The highest BCUT2D eigenvalue weighted by Gasteiger charge is 2.09. The first-order valence-electron chi connectivity index (χ1n) is 8.74. The predicted molar refractivity (Wildman–Crippen MR) is 125 cm³/mol. The van der Waals surface area contributed by atoms with Gasteiger partial charge in [-0.3, -0.25) is 4.99 Å². The molecule has 1 aromatic carbocycles. The number of thiophene rings is 1. The molecule has 0 atom stereocenters. The van der Waals surface area contributed by atoms with Crippen LogP contribution in [-0.4, -0.2) is 29.3 Å². The third-order valence-corrected chi connectivity index (χ3v) is 4.92. The zero-order chi connectivity index (χ0) is 18.4. The molecule has 3 rings (SSSR count). The SMILES string of the molecule is CN=C(NCCc1ccsc1)NCc1ccccc1-n1nc(C)cc1C.I. The number of aryl methyl sites for hydroxylation is 2. The molecule has 0 unspecified atom stereocenters. The van der Waals surface area contributed by atoms with E-state index in [0.29, 0.717) is 6.54 Å². The van der Waals surface area contributed by atoms with Crippen LogP contribution in [0.2, 0.25) is 0 Å². The van der Waals surface area contributed by atoms with Crippen molar-refractivity contribution >= 4 is 41.3 Å². The van der Waals surface area contributed by atoms with E-state index in [1.54, 1.807) is 18.4 Å². The molecule has 0 bridgehead atoms. The first-order chi connectivity index (χ1) is 12.7. The Balaban J connectivity index is 0.00000261. The van der Waals surface area contributed by atoms with Crippen LogP contribution in [0.25, 0.3) is 5.69 Å². The minimum Gasteiger partial charge on any atom is -0.356 e. The molecule has 27 heavy (non-hydrogen) atoms. The monoisotopic (exact) mass is 495 g/mol. The van der Waals surface area contributed by atoms with Gasteiger partial charge in [-0.2, -0.15) is 16.4 Å². The van der Waals surface area contributed by atoms with E-state index in [1.165, 1.54) is 11.1 Å². The number of aromatic nitrogens is 2. The minimum absolute atomic E-state index is 0.